The van der Waals surface area contributed by atoms with E-state index in [1.54, 1.807) is 0 Å². The van der Waals surface area contributed by atoms with E-state index in [4.69, 9.17) is 4.74 Å². The van der Waals surface area contributed by atoms with Crippen LogP contribution in [0.15, 0.2) is 24.3 Å². The molecular formula is C16H24N2O3Sn. The molecule has 0 spiro atoms. The number of ether oxygens (including phenoxy) is 1. The van der Waals surface area contributed by atoms with Crippen molar-refractivity contribution in [2.75, 3.05) is 18.0 Å². The number of hydrogen-bond acceptors (Lipinski definition) is 4. The number of nitrogens with one attached hydrogen (secondary N) is 1. The molecule has 1 fully saturated rings. The number of amides is 1. The normalized spacial score (nSPS) is 21.7. The van der Waals surface area contributed by atoms with E-state index >= 15 is 0 Å². The average Bonchev–Trinajstić information content (AvgIpc) is 2.87. The van der Waals surface area contributed by atoms with Crippen LogP contribution in [0.1, 0.15) is 6.92 Å². The molecular weight excluding hydrogens is 387 g/mol. The Balaban J connectivity index is 2.10. The van der Waals surface area contributed by atoms with Crippen LogP contribution in [0.25, 0.3) is 0 Å². The summed E-state index contributed by atoms with van der Waals surface area (Å²) in [6.07, 6.45) is 0.0633. The Bertz CT molecular complexity index is 539. The van der Waals surface area contributed by atoms with Gasteiger partial charge < -0.3 is 0 Å². The summed E-state index contributed by atoms with van der Waals surface area (Å²) in [5.41, 5.74) is 0.988. The molecule has 1 N–H and O–H groups in total. The third kappa shape index (κ3) is 4.22. The van der Waals surface area contributed by atoms with Crippen molar-refractivity contribution < 1.29 is 14.3 Å². The number of carbonyl (C=O) groups excluding carboxylic acids is 2. The van der Waals surface area contributed by atoms with Gasteiger partial charge >= 0.3 is 136 Å². The molecule has 1 aromatic carbocycles. The van der Waals surface area contributed by atoms with E-state index in [1.807, 2.05) is 4.90 Å². The summed E-state index contributed by atoms with van der Waals surface area (Å²) in [5.74, 6) is -0.0910. The molecule has 0 bridgehead atoms. The Kier molecular flexibility index (Phi) is 5.49. The van der Waals surface area contributed by atoms with E-state index in [9.17, 15) is 9.59 Å². The van der Waals surface area contributed by atoms with Crippen LogP contribution in [0.4, 0.5) is 5.69 Å². The number of hydrogen-bond donors (Lipinski definition) is 1. The minimum absolute atomic E-state index is 0.0910. The Hall–Kier alpha value is -1.08. The molecule has 1 aliphatic rings. The van der Waals surface area contributed by atoms with Crippen molar-refractivity contribution in [3.63, 3.8) is 0 Å². The first-order chi connectivity index (χ1) is 10.3. The van der Waals surface area contributed by atoms with Crippen molar-refractivity contribution >= 4 is 39.8 Å². The first kappa shape index (κ1) is 17.3. The van der Waals surface area contributed by atoms with Gasteiger partial charge in [0.15, 0.2) is 0 Å². The molecule has 0 saturated carbocycles. The molecule has 6 heteroatoms. The number of aldehydes is 1. The van der Waals surface area contributed by atoms with Crippen LogP contribution in [-0.2, 0) is 14.3 Å². The van der Waals surface area contributed by atoms with Crippen LogP contribution >= 0.6 is 0 Å². The van der Waals surface area contributed by atoms with Gasteiger partial charge in [0, 0.05) is 0 Å². The van der Waals surface area contributed by atoms with E-state index < -0.39 is 24.6 Å². The molecule has 1 saturated heterocycles. The summed E-state index contributed by atoms with van der Waals surface area (Å²) in [5, 5.41) is 2.74. The Labute approximate surface area is 135 Å². The Morgan fingerprint density at radius 2 is 2.00 bits per heavy atom. The predicted molar refractivity (Wildman–Crippen MR) is 90.2 cm³/mol. The molecule has 1 heterocycles. The fourth-order valence-corrected chi connectivity index (χ4v) is 5.85. The molecule has 0 aliphatic carbocycles. The van der Waals surface area contributed by atoms with E-state index in [2.05, 4.69) is 44.4 Å². The van der Waals surface area contributed by atoms with Crippen molar-refractivity contribution in [3.8, 4) is 0 Å². The number of nitrogens with zero attached hydrogens (tertiary/aromatic N) is 1. The van der Waals surface area contributed by atoms with Crippen molar-refractivity contribution in [1.29, 1.82) is 0 Å². The topological polar surface area (TPSA) is 58.6 Å². The fourth-order valence-electron chi connectivity index (χ4n) is 2.52. The number of carbonyl (C=O) groups is 2. The third-order valence-corrected chi connectivity index (χ3v) is 9.69. The van der Waals surface area contributed by atoms with E-state index in [1.165, 1.54) is 10.5 Å². The van der Waals surface area contributed by atoms with Gasteiger partial charge in [0.1, 0.15) is 0 Å². The van der Waals surface area contributed by atoms with Crippen molar-refractivity contribution in [2.24, 2.45) is 0 Å². The van der Waals surface area contributed by atoms with Gasteiger partial charge in [-0.3, -0.25) is 0 Å². The molecule has 2 atom stereocenters. The SMILES string of the molecule is CC(=O)NCC1CN(c2cc[c]([Sn]([CH3])([CH3])[CH3])cc2)C(C=O)O1. The molecule has 2 unspecified atom stereocenters. The average molecular weight is 411 g/mol. The minimum atomic E-state index is -2.05. The van der Waals surface area contributed by atoms with E-state index in [0.29, 0.717) is 13.1 Å². The molecule has 22 heavy (non-hydrogen) atoms. The zero-order valence-corrected chi connectivity index (χ0v) is 16.5. The third-order valence-electron chi connectivity index (χ3n) is 3.80. The monoisotopic (exact) mass is 412 g/mol. The summed E-state index contributed by atoms with van der Waals surface area (Å²) in [7, 11) is 0. The van der Waals surface area contributed by atoms with Crippen LogP contribution in [0, 0.1) is 0 Å². The molecule has 0 radical (unpaired) electrons. The van der Waals surface area contributed by atoms with Crippen molar-refractivity contribution in [3.05, 3.63) is 24.3 Å². The van der Waals surface area contributed by atoms with Gasteiger partial charge in [0.2, 0.25) is 0 Å². The van der Waals surface area contributed by atoms with Gasteiger partial charge in [-0.1, -0.05) is 0 Å². The van der Waals surface area contributed by atoms with Crippen molar-refractivity contribution in [1.82, 2.24) is 5.32 Å². The zero-order valence-electron chi connectivity index (χ0n) is 13.6. The predicted octanol–water partition coefficient (Wildman–Crippen LogP) is 1.10. The quantitative estimate of drug-likeness (QED) is 0.583. The summed E-state index contributed by atoms with van der Waals surface area (Å²) in [4.78, 5) is 31.3. The van der Waals surface area contributed by atoms with Gasteiger partial charge in [-0.05, 0) is 0 Å². The van der Waals surface area contributed by atoms with Gasteiger partial charge in [0.05, 0.1) is 0 Å². The van der Waals surface area contributed by atoms with Crippen LogP contribution in [-0.4, -0.2) is 56.0 Å². The van der Waals surface area contributed by atoms with Gasteiger partial charge in [0.25, 0.3) is 0 Å². The number of rotatable bonds is 5. The molecule has 1 aliphatic heterocycles. The fraction of sp³-hybridized carbons (Fsp3) is 0.500. The summed E-state index contributed by atoms with van der Waals surface area (Å²) in [6.45, 7) is 2.50. The van der Waals surface area contributed by atoms with Gasteiger partial charge in [-0.25, -0.2) is 0 Å². The van der Waals surface area contributed by atoms with E-state index in [-0.39, 0.29) is 12.0 Å². The molecule has 5 nitrogen and oxygen atoms in total. The molecule has 120 valence electrons. The van der Waals surface area contributed by atoms with Crippen molar-refractivity contribution in [2.45, 2.75) is 34.1 Å². The Morgan fingerprint density at radius 1 is 1.36 bits per heavy atom. The second kappa shape index (κ2) is 7.00. The van der Waals surface area contributed by atoms with Crippen LogP contribution in [0.2, 0.25) is 14.8 Å². The van der Waals surface area contributed by atoms with Gasteiger partial charge in [-0.2, -0.15) is 0 Å². The van der Waals surface area contributed by atoms with Crippen LogP contribution in [0.3, 0.4) is 0 Å². The van der Waals surface area contributed by atoms with Crippen LogP contribution < -0.4 is 13.8 Å². The van der Waals surface area contributed by atoms with E-state index in [0.717, 1.165) is 12.0 Å². The molecule has 1 amide bonds. The Morgan fingerprint density at radius 3 is 2.50 bits per heavy atom. The summed E-state index contributed by atoms with van der Waals surface area (Å²) >= 11 is -2.05. The number of anilines is 1. The first-order valence-corrected chi connectivity index (χ1v) is 17.5. The maximum absolute atomic E-state index is 11.3. The molecule has 0 aromatic heterocycles. The van der Waals surface area contributed by atoms with Crippen LogP contribution in [0.5, 0.6) is 0 Å². The zero-order chi connectivity index (χ0) is 16.3. The second-order valence-electron chi connectivity index (χ2n) is 6.67. The summed E-state index contributed by atoms with van der Waals surface area (Å²) < 4.78 is 7.14. The van der Waals surface area contributed by atoms with Gasteiger partial charge in [-0.15, -0.1) is 0 Å². The maximum atomic E-state index is 11.3. The summed E-state index contributed by atoms with van der Waals surface area (Å²) in [6, 6.07) is 8.49. The molecule has 1 aromatic rings. The molecule has 2 rings (SSSR count). The first-order valence-electron chi connectivity index (χ1n) is 7.53. The standard InChI is InChI=1S/C13H15N2O3.3CH3.Sn/c1-10(17)14-7-12-8-15(13(9-16)18-12)11-5-3-2-4-6-11;;;;/h3-6,9,12-13H,7-8H2,1H3,(H,14,17);3*1H3;. The number of benzene rings is 1. The second-order valence-corrected chi connectivity index (χ2v) is 21.2.